The standard InChI is InChI=1S/C13H15N3O2/c1-2-3-12(13(17)18)16-11-5-7-15-10-4-6-14-8-9(10)11/h4-8,12H,2-3H2,1H3,(H,15,16)(H,17,18). The normalized spacial score (nSPS) is 12.3. The first kappa shape index (κ1) is 12.3. The average Bonchev–Trinajstić information content (AvgIpc) is 2.38. The zero-order valence-corrected chi connectivity index (χ0v) is 10.1. The second-order valence-corrected chi connectivity index (χ2v) is 4.08. The molecule has 0 radical (unpaired) electrons. The van der Waals surface area contributed by atoms with Crippen LogP contribution in [0.2, 0.25) is 0 Å². The number of aliphatic carboxylic acids is 1. The molecule has 2 rings (SSSR count). The first-order valence-corrected chi connectivity index (χ1v) is 5.90. The van der Waals surface area contributed by atoms with Gasteiger partial charge < -0.3 is 10.4 Å². The van der Waals surface area contributed by atoms with Crippen LogP contribution in [0.1, 0.15) is 19.8 Å². The maximum absolute atomic E-state index is 11.1. The van der Waals surface area contributed by atoms with Crippen LogP contribution < -0.4 is 5.32 Å². The number of rotatable bonds is 5. The van der Waals surface area contributed by atoms with Gasteiger partial charge in [-0.25, -0.2) is 4.79 Å². The zero-order chi connectivity index (χ0) is 13.0. The van der Waals surface area contributed by atoms with E-state index in [4.69, 9.17) is 5.11 Å². The van der Waals surface area contributed by atoms with Gasteiger partial charge in [0, 0.05) is 29.7 Å². The summed E-state index contributed by atoms with van der Waals surface area (Å²) in [5.74, 6) is -0.842. The summed E-state index contributed by atoms with van der Waals surface area (Å²) in [7, 11) is 0. The highest BCUT2D eigenvalue weighted by Gasteiger charge is 2.16. The van der Waals surface area contributed by atoms with Crippen molar-refractivity contribution in [3.8, 4) is 0 Å². The zero-order valence-electron chi connectivity index (χ0n) is 10.1. The van der Waals surface area contributed by atoms with E-state index in [1.54, 1.807) is 30.7 Å². The first-order chi connectivity index (χ1) is 8.72. The van der Waals surface area contributed by atoms with E-state index in [-0.39, 0.29) is 0 Å². The SMILES string of the molecule is CCCC(Nc1ccnc2ccncc12)C(=O)O. The lowest BCUT2D eigenvalue weighted by atomic mass is 10.1. The Kier molecular flexibility index (Phi) is 3.72. The number of hydrogen-bond acceptors (Lipinski definition) is 4. The van der Waals surface area contributed by atoms with Crippen molar-refractivity contribution in [1.82, 2.24) is 9.97 Å². The van der Waals surface area contributed by atoms with Gasteiger partial charge in [-0.1, -0.05) is 13.3 Å². The smallest absolute Gasteiger partial charge is 0.326 e. The van der Waals surface area contributed by atoms with Gasteiger partial charge in [0.05, 0.1) is 5.52 Å². The number of nitrogens with zero attached hydrogens (tertiary/aromatic N) is 2. The Bertz CT molecular complexity index is 551. The van der Waals surface area contributed by atoms with Crippen molar-refractivity contribution in [2.45, 2.75) is 25.8 Å². The quantitative estimate of drug-likeness (QED) is 0.845. The lowest BCUT2D eigenvalue weighted by Crippen LogP contribution is -2.29. The van der Waals surface area contributed by atoms with Gasteiger partial charge >= 0.3 is 5.97 Å². The van der Waals surface area contributed by atoms with Gasteiger partial charge in [-0.2, -0.15) is 0 Å². The van der Waals surface area contributed by atoms with E-state index >= 15 is 0 Å². The van der Waals surface area contributed by atoms with Crippen LogP contribution in [0.4, 0.5) is 5.69 Å². The van der Waals surface area contributed by atoms with E-state index in [1.165, 1.54) is 0 Å². The Hall–Kier alpha value is -2.17. The van der Waals surface area contributed by atoms with Gasteiger partial charge in [0.1, 0.15) is 6.04 Å². The molecule has 0 bridgehead atoms. The molecule has 1 unspecified atom stereocenters. The summed E-state index contributed by atoms with van der Waals surface area (Å²) in [5, 5.41) is 13.0. The summed E-state index contributed by atoms with van der Waals surface area (Å²) in [5.41, 5.74) is 1.56. The topological polar surface area (TPSA) is 75.1 Å². The highest BCUT2D eigenvalue weighted by Crippen LogP contribution is 2.21. The largest absolute Gasteiger partial charge is 0.480 e. The Labute approximate surface area is 105 Å². The number of fused-ring (bicyclic) bond motifs is 1. The lowest BCUT2D eigenvalue weighted by molar-refractivity contribution is -0.138. The fraction of sp³-hybridized carbons (Fsp3) is 0.308. The predicted molar refractivity (Wildman–Crippen MR) is 69.5 cm³/mol. The molecule has 0 saturated heterocycles. The minimum atomic E-state index is -0.842. The molecular weight excluding hydrogens is 230 g/mol. The van der Waals surface area contributed by atoms with E-state index in [2.05, 4.69) is 15.3 Å². The number of carboxylic acid groups (broad SMARTS) is 1. The van der Waals surface area contributed by atoms with Crippen LogP contribution in [0.15, 0.2) is 30.7 Å². The van der Waals surface area contributed by atoms with Crippen molar-refractivity contribution in [3.63, 3.8) is 0 Å². The summed E-state index contributed by atoms with van der Waals surface area (Å²) in [6.45, 7) is 1.96. The van der Waals surface area contributed by atoms with E-state index in [0.29, 0.717) is 6.42 Å². The molecule has 5 heteroatoms. The summed E-state index contributed by atoms with van der Waals surface area (Å²) in [4.78, 5) is 19.4. The number of aromatic nitrogens is 2. The maximum atomic E-state index is 11.1. The molecule has 2 N–H and O–H groups in total. The third-order valence-corrected chi connectivity index (χ3v) is 2.75. The molecule has 18 heavy (non-hydrogen) atoms. The van der Waals surface area contributed by atoms with Gasteiger partial charge in [0.2, 0.25) is 0 Å². The van der Waals surface area contributed by atoms with Gasteiger partial charge in [0.15, 0.2) is 0 Å². The second kappa shape index (κ2) is 5.44. The van der Waals surface area contributed by atoms with E-state index in [9.17, 15) is 4.79 Å². The Morgan fingerprint density at radius 2 is 2.28 bits per heavy atom. The number of nitrogens with one attached hydrogen (secondary N) is 1. The summed E-state index contributed by atoms with van der Waals surface area (Å²) < 4.78 is 0. The van der Waals surface area contributed by atoms with Gasteiger partial charge in [-0.3, -0.25) is 9.97 Å². The summed E-state index contributed by atoms with van der Waals surface area (Å²) in [6.07, 6.45) is 6.41. The van der Waals surface area contributed by atoms with Crippen LogP contribution in [0.3, 0.4) is 0 Å². The van der Waals surface area contributed by atoms with Crippen molar-refractivity contribution >= 4 is 22.6 Å². The Morgan fingerprint density at radius 1 is 1.44 bits per heavy atom. The molecule has 0 saturated carbocycles. The number of carboxylic acids is 1. The molecule has 0 aliphatic rings. The maximum Gasteiger partial charge on any atom is 0.326 e. The molecule has 2 aromatic rings. The minimum absolute atomic E-state index is 0.583. The van der Waals surface area contributed by atoms with Crippen molar-refractivity contribution in [2.75, 3.05) is 5.32 Å². The van der Waals surface area contributed by atoms with Crippen LogP contribution in [-0.4, -0.2) is 27.1 Å². The molecule has 1 atom stereocenters. The number of anilines is 1. The van der Waals surface area contributed by atoms with Crippen molar-refractivity contribution in [2.24, 2.45) is 0 Å². The molecule has 2 heterocycles. The van der Waals surface area contributed by atoms with Crippen molar-refractivity contribution in [3.05, 3.63) is 30.7 Å². The molecule has 0 fully saturated rings. The van der Waals surface area contributed by atoms with Gasteiger partial charge in [-0.15, -0.1) is 0 Å². The highest BCUT2D eigenvalue weighted by atomic mass is 16.4. The number of carbonyl (C=O) groups is 1. The third-order valence-electron chi connectivity index (χ3n) is 2.75. The second-order valence-electron chi connectivity index (χ2n) is 4.08. The molecule has 0 amide bonds. The van der Waals surface area contributed by atoms with Crippen LogP contribution in [0.5, 0.6) is 0 Å². The Morgan fingerprint density at radius 3 is 3.00 bits per heavy atom. The molecule has 0 aliphatic carbocycles. The molecule has 0 aliphatic heterocycles. The van der Waals surface area contributed by atoms with Crippen molar-refractivity contribution < 1.29 is 9.90 Å². The Balaban J connectivity index is 2.33. The van der Waals surface area contributed by atoms with Crippen LogP contribution in [0.25, 0.3) is 10.9 Å². The molecule has 0 spiro atoms. The summed E-state index contributed by atoms with van der Waals surface area (Å²) in [6, 6.07) is 2.99. The minimum Gasteiger partial charge on any atom is -0.480 e. The van der Waals surface area contributed by atoms with Gasteiger partial charge in [0.25, 0.3) is 0 Å². The molecule has 2 aromatic heterocycles. The lowest BCUT2D eigenvalue weighted by Gasteiger charge is -2.16. The fourth-order valence-electron chi connectivity index (χ4n) is 1.85. The summed E-state index contributed by atoms with van der Waals surface area (Å²) >= 11 is 0. The van der Waals surface area contributed by atoms with Crippen molar-refractivity contribution in [1.29, 1.82) is 0 Å². The molecule has 5 nitrogen and oxygen atoms in total. The highest BCUT2D eigenvalue weighted by molar-refractivity contribution is 5.92. The molecule has 94 valence electrons. The molecular formula is C13H15N3O2. The predicted octanol–water partition coefficient (Wildman–Crippen LogP) is 2.29. The first-order valence-electron chi connectivity index (χ1n) is 5.90. The van der Waals surface area contributed by atoms with E-state index in [0.717, 1.165) is 23.0 Å². The van der Waals surface area contributed by atoms with Crippen LogP contribution >= 0.6 is 0 Å². The fourth-order valence-corrected chi connectivity index (χ4v) is 1.85. The van der Waals surface area contributed by atoms with Crippen LogP contribution in [0, 0.1) is 0 Å². The monoisotopic (exact) mass is 245 g/mol. The third kappa shape index (κ3) is 2.56. The number of pyridine rings is 2. The van der Waals surface area contributed by atoms with E-state index < -0.39 is 12.0 Å². The van der Waals surface area contributed by atoms with Gasteiger partial charge in [-0.05, 0) is 18.6 Å². The molecule has 0 aromatic carbocycles. The number of hydrogen-bond donors (Lipinski definition) is 2. The average molecular weight is 245 g/mol. The van der Waals surface area contributed by atoms with Crippen LogP contribution in [-0.2, 0) is 4.79 Å². The van der Waals surface area contributed by atoms with E-state index in [1.807, 2.05) is 6.92 Å².